The monoisotopic (exact) mass is 272 g/mol. The summed E-state index contributed by atoms with van der Waals surface area (Å²) in [7, 11) is 0. The van der Waals surface area contributed by atoms with Crippen LogP contribution in [0.15, 0.2) is 0 Å². The molecule has 0 radical (unpaired) electrons. The van der Waals surface area contributed by atoms with Crippen LogP contribution in [0.25, 0.3) is 0 Å². The largest absolute Gasteiger partial charge is 0.464 e. The number of nitrogens with zero attached hydrogens (tertiary/aromatic N) is 3. The Balaban J connectivity index is 2.67. The lowest BCUT2D eigenvalue weighted by molar-refractivity contribution is 0.274. The Kier molecular flexibility index (Phi) is 5.14. The predicted molar refractivity (Wildman–Crippen MR) is 73.1 cm³/mol. The summed E-state index contributed by atoms with van der Waals surface area (Å²) < 4.78 is 5.21. The van der Waals surface area contributed by atoms with Crippen LogP contribution >= 0.6 is 11.6 Å². The summed E-state index contributed by atoms with van der Waals surface area (Å²) in [6.07, 6.45) is 0. The minimum absolute atomic E-state index is 0.138. The van der Waals surface area contributed by atoms with E-state index in [-0.39, 0.29) is 16.7 Å². The number of rotatable bonds is 5. The first-order chi connectivity index (χ1) is 8.32. The van der Waals surface area contributed by atoms with Crippen molar-refractivity contribution in [2.24, 2.45) is 11.3 Å². The number of anilines is 1. The molecule has 0 spiro atoms. The number of halogens is 1. The van der Waals surface area contributed by atoms with Gasteiger partial charge in [0.1, 0.15) is 0 Å². The van der Waals surface area contributed by atoms with Crippen molar-refractivity contribution < 1.29 is 4.74 Å². The first kappa shape index (κ1) is 15.0. The molecule has 0 bridgehead atoms. The Hall–Kier alpha value is -1.10. The quantitative estimate of drug-likeness (QED) is 0.893. The molecule has 1 N–H and O–H groups in total. The highest BCUT2D eigenvalue weighted by molar-refractivity contribution is 6.28. The minimum Gasteiger partial charge on any atom is -0.464 e. The smallest absolute Gasteiger partial charge is 0.322 e. The maximum atomic E-state index is 5.81. The van der Waals surface area contributed by atoms with Gasteiger partial charge in [-0.15, -0.1) is 0 Å². The van der Waals surface area contributed by atoms with Gasteiger partial charge in [0.15, 0.2) is 0 Å². The van der Waals surface area contributed by atoms with Crippen LogP contribution in [0.4, 0.5) is 5.95 Å². The highest BCUT2D eigenvalue weighted by Crippen LogP contribution is 2.25. The second-order valence-corrected chi connectivity index (χ2v) is 5.63. The Bertz CT molecular complexity index is 392. The zero-order valence-electron chi connectivity index (χ0n) is 11.6. The molecule has 0 amide bonds. The second-order valence-electron chi connectivity index (χ2n) is 5.29. The fourth-order valence-electron chi connectivity index (χ4n) is 1.16. The van der Waals surface area contributed by atoms with E-state index in [4.69, 9.17) is 16.3 Å². The maximum Gasteiger partial charge on any atom is 0.322 e. The van der Waals surface area contributed by atoms with E-state index in [0.717, 1.165) is 6.54 Å². The van der Waals surface area contributed by atoms with Crippen LogP contribution in [0.5, 0.6) is 6.01 Å². The average Bonchev–Trinajstić information content (AvgIpc) is 2.24. The molecule has 0 saturated carbocycles. The number of aromatic nitrogens is 3. The summed E-state index contributed by atoms with van der Waals surface area (Å²) in [5, 5.41) is 3.30. The number of ether oxygens (including phenoxy) is 1. The lowest BCUT2D eigenvalue weighted by atomic mass is 9.82. The summed E-state index contributed by atoms with van der Waals surface area (Å²) in [5.74, 6) is 0.929. The van der Waals surface area contributed by atoms with Crippen molar-refractivity contribution in [3.63, 3.8) is 0 Å². The van der Waals surface area contributed by atoms with E-state index in [2.05, 4.69) is 48.0 Å². The van der Waals surface area contributed by atoms with Gasteiger partial charge >= 0.3 is 6.01 Å². The van der Waals surface area contributed by atoms with E-state index < -0.39 is 0 Å². The van der Waals surface area contributed by atoms with Crippen molar-refractivity contribution >= 4 is 17.5 Å². The molecule has 1 rings (SSSR count). The highest BCUT2D eigenvalue weighted by atomic mass is 35.5. The summed E-state index contributed by atoms with van der Waals surface area (Å²) in [6.45, 7) is 11.9. The van der Waals surface area contributed by atoms with Gasteiger partial charge < -0.3 is 10.1 Å². The van der Waals surface area contributed by atoms with Crippen LogP contribution < -0.4 is 10.1 Å². The van der Waals surface area contributed by atoms with Crippen LogP contribution in [-0.4, -0.2) is 28.1 Å². The van der Waals surface area contributed by atoms with E-state index >= 15 is 0 Å². The maximum absolute atomic E-state index is 5.81. The molecule has 18 heavy (non-hydrogen) atoms. The van der Waals surface area contributed by atoms with Crippen molar-refractivity contribution in [2.45, 2.75) is 34.6 Å². The normalized spacial score (nSPS) is 13.2. The van der Waals surface area contributed by atoms with Crippen molar-refractivity contribution in [3.05, 3.63) is 5.28 Å². The highest BCUT2D eigenvalue weighted by Gasteiger charge is 2.20. The molecular weight excluding hydrogens is 252 g/mol. The van der Waals surface area contributed by atoms with Crippen molar-refractivity contribution in [3.8, 4) is 6.01 Å². The van der Waals surface area contributed by atoms with Crippen molar-refractivity contribution in [2.75, 3.05) is 18.5 Å². The van der Waals surface area contributed by atoms with Crippen molar-refractivity contribution in [1.82, 2.24) is 15.0 Å². The molecule has 1 aromatic heterocycles. The van der Waals surface area contributed by atoms with E-state index in [9.17, 15) is 0 Å². The van der Waals surface area contributed by atoms with Crippen LogP contribution in [0.1, 0.15) is 34.6 Å². The van der Waals surface area contributed by atoms with Gasteiger partial charge in [-0.25, -0.2) is 0 Å². The average molecular weight is 273 g/mol. The Labute approximate surface area is 113 Å². The first-order valence-corrected chi connectivity index (χ1v) is 6.49. The van der Waals surface area contributed by atoms with Gasteiger partial charge in [0.2, 0.25) is 11.2 Å². The van der Waals surface area contributed by atoms with E-state index in [1.165, 1.54) is 0 Å². The molecule has 0 aliphatic rings. The minimum atomic E-state index is 0.138. The molecule has 1 atom stereocenters. The van der Waals surface area contributed by atoms with Gasteiger partial charge in [0, 0.05) is 6.54 Å². The van der Waals surface area contributed by atoms with Gasteiger partial charge in [-0.3, -0.25) is 0 Å². The fraction of sp³-hybridized carbons (Fsp3) is 0.750. The third-order valence-corrected chi connectivity index (χ3v) is 3.07. The summed E-state index contributed by atoms with van der Waals surface area (Å²) in [6, 6.07) is 0.253. The SMILES string of the molecule is CCOc1nc(Cl)nc(NCC(C)C(C)(C)C)n1. The Morgan fingerprint density at radius 3 is 2.50 bits per heavy atom. The summed E-state index contributed by atoms with van der Waals surface area (Å²) in [4.78, 5) is 12.0. The molecule has 5 nitrogen and oxygen atoms in total. The van der Waals surface area contributed by atoms with Crippen molar-refractivity contribution in [1.29, 1.82) is 0 Å². The van der Waals surface area contributed by atoms with E-state index in [1.54, 1.807) is 0 Å². The van der Waals surface area contributed by atoms with Gasteiger partial charge in [0.05, 0.1) is 6.61 Å². The van der Waals surface area contributed by atoms with Crippen LogP contribution in [0, 0.1) is 11.3 Å². The number of hydrogen-bond donors (Lipinski definition) is 1. The molecule has 0 aliphatic heterocycles. The molecule has 6 heteroatoms. The van der Waals surface area contributed by atoms with Crippen LogP contribution in [0.2, 0.25) is 5.28 Å². The topological polar surface area (TPSA) is 59.9 Å². The lowest BCUT2D eigenvalue weighted by Gasteiger charge is -2.27. The molecule has 0 fully saturated rings. The molecule has 0 saturated heterocycles. The molecule has 1 aromatic rings. The summed E-state index contributed by atoms with van der Waals surface area (Å²) in [5.41, 5.74) is 0.229. The zero-order chi connectivity index (χ0) is 13.8. The van der Waals surface area contributed by atoms with Crippen LogP contribution in [0.3, 0.4) is 0 Å². The zero-order valence-corrected chi connectivity index (χ0v) is 12.4. The third-order valence-electron chi connectivity index (χ3n) is 2.91. The molecule has 1 unspecified atom stereocenters. The fourth-order valence-corrected chi connectivity index (χ4v) is 1.31. The summed E-state index contributed by atoms with van der Waals surface area (Å²) >= 11 is 5.81. The predicted octanol–water partition coefficient (Wildman–Crippen LogP) is 3.02. The Morgan fingerprint density at radius 1 is 1.28 bits per heavy atom. The van der Waals surface area contributed by atoms with E-state index in [1.807, 2.05) is 6.92 Å². The molecule has 102 valence electrons. The molecule has 0 aromatic carbocycles. The third kappa shape index (κ3) is 4.64. The lowest BCUT2D eigenvalue weighted by Crippen LogP contribution is -2.25. The van der Waals surface area contributed by atoms with Gasteiger partial charge in [-0.05, 0) is 29.9 Å². The Morgan fingerprint density at radius 2 is 1.94 bits per heavy atom. The van der Waals surface area contributed by atoms with Crippen LogP contribution in [-0.2, 0) is 0 Å². The van der Waals surface area contributed by atoms with Gasteiger partial charge in [-0.1, -0.05) is 27.7 Å². The molecule has 0 aliphatic carbocycles. The second kappa shape index (κ2) is 6.18. The standard InChI is InChI=1S/C12H21ClN4O/c1-6-18-11-16-9(13)15-10(17-11)14-7-8(2)12(3,4)5/h8H,6-7H2,1-5H3,(H,14,15,16,17). The van der Waals surface area contributed by atoms with Gasteiger partial charge in [0.25, 0.3) is 0 Å². The first-order valence-electron chi connectivity index (χ1n) is 6.11. The molecular formula is C12H21ClN4O. The molecule has 1 heterocycles. The number of nitrogens with one attached hydrogen (secondary N) is 1. The number of hydrogen-bond acceptors (Lipinski definition) is 5. The van der Waals surface area contributed by atoms with E-state index in [0.29, 0.717) is 18.5 Å². The van der Waals surface area contributed by atoms with Gasteiger partial charge in [-0.2, -0.15) is 15.0 Å².